The van der Waals surface area contributed by atoms with Crippen molar-refractivity contribution in [3.05, 3.63) is 28.7 Å². The van der Waals surface area contributed by atoms with E-state index in [1.165, 1.54) is 22.2 Å². The van der Waals surface area contributed by atoms with Crippen molar-refractivity contribution in [3.8, 4) is 0 Å². The van der Waals surface area contributed by atoms with Crippen LogP contribution in [0.25, 0.3) is 11.2 Å². The van der Waals surface area contributed by atoms with Gasteiger partial charge in [-0.25, -0.2) is 10.4 Å². The molecule has 1 aliphatic heterocycles. The van der Waals surface area contributed by atoms with E-state index in [0.29, 0.717) is 11.2 Å². The smallest absolute Gasteiger partial charge is 0.247 e. The molecule has 0 aromatic carbocycles. The van der Waals surface area contributed by atoms with Gasteiger partial charge in [-0.2, -0.15) is 15.1 Å². The number of ether oxygens (including phenoxy) is 1. The minimum Gasteiger partial charge on any atom is -0.394 e. The maximum absolute atomic E-state index is 10.2. The number of nitrogens with zero attached hydrogens (tertiary/aromatic N) is 5. The zero-order valence-corrected chi connectivity index (χ0v) is 14.7. The summed E-state index contributed by atoms with van der Waals surface area (Å²) in [6, 6.07) is 3.82. The predicted molar refractivity (Wildman–Crippen MR) is 98.3 cm³/mol. The van der Waals surface area contributed by atoms with Gasteiger partial charge >= 0.3 is 0 Å². The SMILES string of the molecule is Nc1nc(N/N=C/c2cccs2)nc2c1ncn2[C@@H]1O[C@H](CO)[C@@H](O)[C@H]1O. The standard InChI is InChI=1S/C15H17N7O4S/c16-12-9-13(20-15(19-12)21-18-4-7-2-1-3-27-7)22(6-17-9)14-11(25)10(24)8(5-23)26-14/h1-4,6,8,10-11,14,23-25H,5H2,(H3,16,19,20,21)/b18-4+/t8-,10-,11-,14-/m1/s1. The normalized spacial score (nSPS) is 25.6. The monoisotopic (exact) mass is 391 g/mol. The van der Waals surface area contributed by atoms with Gasteiger partial charge in [0.15, 0.2) is 17.7 Å². The molecule has 3 aromatic heterocycles. The van der Waals surface area contributed by atoms with Crippen LogP contribution < -0.4 is 11.2 Å². The van der Waals surface area contributed by atoms with Gasteiger partial charge in [0.05, 0.1) is 19.1 Å². The van der Waals surface area contributed by atoms with Crippen LogP contribution in [0.15, 0.2) is 28.9 Å². The Morgan fingerprint density at radius 3 is 2.93 bits per heavy atom. The van der Waals surface area contributed by atoms with Crippen LogP contribution in [-0.4, -0.2) is 66.0 Å². The Morgan fingerprint density at radius 2 is 2.22 bits per heavy atom. The second-order valence-corrected chi connectivity index (χ2v) is 6.85. The van der Waals surface area contributed by atoms with Gasteiger partial charge in [0.2, 0.25) is 5.95 Å². The van der Waals surface area contributed by atoms with E-state index in [0.717, 1.165) is 4.88 Å². The topological polar surface area (TPSA) is 164 Å². The number of hydrazone groups is 1. The molecular formula is C15H17N7O4S. The van der Waals surface area contributed by atoms with Gasteiger partial charge in [-0.15, -0.1) is 11.3 Å². The molecular weight excluding hydrogens is 374 g/mol. The van der Waals surface area contributed by atoms with Gasteiger partial charge in [-0.3, -0.25) is 4.57 Å². The average Bonchev–Trinajstić information content (AvgIpc) is 3.37. The summed E-state index contributed by atoms with van der Waals surface area (Å²) in [7, 11) is 0. The molecule has 1 aliphatic rings. The molecule has 0 unspecified atom stereocenters. The summed E-state index contributed by atoms with van der Waals surface area (Å²) in [5.41, 5.74) is 9.26. The highest BCUT2D eigenvalue weighted by atomic mass is 32.1. The molecule has 0 spiro atoms. The first-order valence-corrected chi connectivity index (χ1v) is 8.91. The van der Waals surface area contributed by atoms with Crippen molar-refractivity contribution in [1.29, 1.82) is 0 Å². The maximum atomic E-state index is 10.2. The van der Waals surface area contributed by atoms with E-state index in [1.54, 1.807) is 6.21 Å². The van der Waals surface area contributed by atoms with Gasteiger partial charge < -0.3 is 25.8 Å². The van der Waals surface area contributed by atoms with Crippen LogP contribution in [0.4, 0.5) is 11.8 Å². The minimum atomic E-state index is -1.26. The third kappa shape index (κ3) is 3.24. The average molecular weight is 391 g/mol. The Kier molecular flexibility index (Phi) is 4.72. The number of nitrogen functional groups attached to an aromatic ring is 1. The first kappa shape index (κ1) is 17.8. The molecule has 4 heterocycles. The number of nitrogens with two attached hydrogens (primary N) is 1. The molecule has 0 radical (unpaired) electrons. The second-order valence-electron chi connectivity index (χ2n) is 5.87. The number of anilines is 2. The van der Waals surface area contributed by atoms with Crippen LogP contribution in [0.3, 0.4) is 0 Å². The van der Waals surface area contributed by atoms with Crippen LogP contribution in [0.1, 0.15) is 11.1 Å². The van der Waals surface area contributed by atoms with E-state index in [4.69, 9.17) is 10.5 Å². The van der Waals surface area contributed by atoms with Crippen LogP contribution >= 0.6 is 11.3 Å². The summed E-state index contributed by atoms with van der Waals surface area (Å²) in [4.78, 5) is 13.5. The maximum Gasteiger partial charge on any atom is 0.247 e. The first-order chi connectivity index (χ1) is 13.1. The fourth-order valence-electron chi connectivity index (χ4n) is 2.80. The molecule has 0 aliphatic carbocycles. The fourth-order valence-corrected chi connectivity index (χ4v) is 3.39. The molecule has 4 atom stereocenters. The van der Waals surface area contributed by atoms with Crippen LogP contribution in [0.5, 0.6) is 0 Å². The third-order valence-corrected chi connectivity index (χ3v) is 4.95. The third-order valence-electron chi connectivity index (χ3n) is 4.14. The summed E-state index contributed by atoms with van der Waals surface area (Å²) in [6.07, 6.45) is -1.37. The van der Waals surface area contributed by atoms with Crippen molar-refractivity contribution >= 4 is 40.5 Å². The molecule has 3 aromatic rings. The molecule has 0 bridgehead atoms. The lowest BCUT2D eigenvalue weighted by Gasteiger charge is -2.16. The fraction of sp³-hybridized carbons (Fsp3) is 0.333. The van der Waals surface area contributed by atoms with E-state index in [9.17, 15) is 15.3 Å². The van der Waals surface area contributed by atoms with Gasteiger partial charge in [0, 0.05) is 4.88 Å². The summed E-state index contributed by atoms with van der Waals surface area (Å²) in [5.74, 6) is 0.264. The zero-order valence-electron chi connectivity index (χ0n) is 13.9. The van der Waals surface area contributed by atoms with Crippen LogP contribution in [0.2, 0.25) is 0 Å². The Balaban J connectivity index is 1.64. The minimum absolute atomic E-state index is 0.124. The number of hydrogen-bond donors (Lipinski definition) is 5. The van der Waals surface area contributed by atoms with Crippen molar-refractivity contribution in [1.82, 2.24) is 19.5 Å². The van der Waals surface area contributed by atoms with Crippen molar-refractivity contribution in [2.75, 3.05) is 17.8 Å². The second kappa shape index (κ2) is 7.17. The number of aromatic nitrogens is 4. The summed E-state index contributed by atoms with van der Waals surface area (Å²) in [6.45, 7) is -0.428. The summed E-state index contributed by atoms with van der Waals surface area (Å²) < 4.78 is 6.96. The van der Waals surface area contributed by atoms with Crippen molar-refractivity contribution in [2.45, 2.75) is 24.5 Å². The number of nitrogens with one attached hydrogen (secondary N) is 1. The van der Waals surface area contributed by atoms with Crippen molar-refractivity contribution < 1.29 is 20.1 Å². The number of aliphatic hydroxyl groups is 3. The van der Waals surface area contributed by atoms with Gasteiger partial charge in [0.25, 0.3) is 0 Å². The highest BCUT2D eigenvalue weighted by Crippen LogP contribution is 2.32. The molecule has 0 saturated carbocycles. The van der Waals surface area contributed by atoms with E-state index in [-0.39, 0.29) is 11.8 Å². The molecule has 4 rings (SSSR count). The molecule has 1 saturated heterocycles. The molecule has 1 fully saturated rings. The van der Waals surface area contributed by atoms with Crippen molar-refractivity contribution in [3.63, 3.8) is 0 Å². The lowest BCUT2D eigenvalue weighted by molar-refractivity contribution is -0.0511. The van der Waals surface area contributed by atoms with Gasteiger partial charge in [0.1, 0.15) is 23.8 Å². The summed E-state index contributed by atoms with van der Waals surface area (Å²) in [5, 5.41) is 35.4. The Bertz CT molecular complexity index is 961. The Labute approximate surface area is 156 Å². The number of thiophene rings is 1. The molecule has 142 valence electrons. The van der Waals surface area contributed by atoms with Crippen molar-refractivity contribution in [2.24, 2.45) is 5.10 Å². The molecule has 11 nitrogen and oxygen atoms in total. The molecule has 27 heavy (non-hydrogen) atoms. The number of imidazole rings is 1. The van der Waals surface area contributed by atoms with E-state index >= 15 is 0 Å². The van der Waals surface area contributed by atoms with E-state index in [2.05, 4.69) is 25.5 Å². The molecule has 0 amide bonds. The van der Waals surface area contributed by atoms with E-state index < -0.39 is 31.1 Å². The summed E-state index contributed by atoms with van der Waals surface area (Å²) >= 11 is 1.53. The van der Waals surface area contributed by atoms with Gasteiger partial charge in [-0.05, 0) is 11.4 Å². The molecule has 12 heteroatoms. The van der Waals surface area contributed by atoms with E-state index in [1.807, 2.05) is 17.5 Å². The molecule has 6 N–H and O–H groups in total. The lowest BCUT2D eigenvalue weighted by atomic mass is 10.1. The first-order valence-electron chi connectivity index (χ1n) is 8.03. The largest absolute Gasteiger partial charge is 0.394 e. The number of aliphatic hydroxyl groups excluding tert-OH is 3. The predicted octanol–water partition coefficient (Wildman–Crippen LogP) is -0.473. The quantitative estimate of drug-likeness (QED) is 0.285. The number of rotatable bonds is 5. The Hall–Kier alpha value is -2.64. The lowest BCUT2D eigenvalue weighted by Crippen LogP contribution is -2.33. The highest BCUT2D eigenvalue weighted by molar-refractivity contribution is 7.11. The highest BCUT2D eigenvalue weighted by Gasteiger charge is 2.44. The van der Waals surface area contributed by atoms with Gasteiger partial charge in [-0.1, -0.05) is 6.07 Å². The van der Waals surface area contributed by atoms with Crippen LogP contribution in [0, 0.1) is 0 Å². The van der Waals surface area contributed by atoms with Crippen LogP contribution in [-0.2, 0) is 4.74 Å². The number of hydrogen-bond acceptors (Lipinski definition) is 11. The zero-order chi connectivity index (χ0) is 19.0. The number of fused-ring (bicyclic) bond motifs is 1. The Morgan fingerprint density at radius 1 is 1.37 bits per heavy atom.